The first-order chi connectivity index (χ1) is 16.7. The Labute approximate surface area is 218 Å². The third-order valence-electron chi connectivity index (χ3n) is 7.49. The average Bonchev–Trinajstić information content (AvgIpc) is 3.16. The first-order valence-electron chi connectivity index (χ1n) is 12.3. The smallest absolute Gasteiger partial charge is 0.332 e. The van der Waals surface area contributed by atoms with Gasteiger partial charge in [0.2, 0.25) is 0 Å². The van der Waals surface area contributed by atoms with E-state index < -0.39 is 28.6 Å². The van der Waals surface area contributed by atoms with Crippen LogP contribution in [0.4, 0.5) is 0 Å². The van der Waals surface area contributed by atoms with Crippen LogP contribution in [0.25, 0.3) is 0 Å². The number of thiazole rings is 1. The molecule has 4 atom stereocenters. The van der Waals surface area contributed by atoms with Crippen molar-refractivity contribution in [1.29, 1.82) is 0 Å². The summed E-state index contributed by atoms with van der Waals surface area (Å²) in [5.74, 6) is -0.101. The van der Waals surface area contributed by atoms with Crippen LogP contribution in [0.5, 0.6) is 5.75 Å². The van der Waals surface area contributed by atoms with Gasteiger partial charge < -0.3 is 19.1 Å². The number of ether oxygens (including phenoxy) is 3. The molecule has 0 bridgehead atoms. The number of hydrogen-bond acceptors (Lipinski definition) is 7. The highest BCUT2D eigenvalue weighted by molar-refractivity contribution is 7.09. The van der Waals surface area contributed by atoms with E-state index in [-0.39, 0.29) is 17.2 Å². The summed E-state index contributed by atoms with van der Waals surface area (Å²) in [4.78, 5) is 34.5. The third-order valence-corrected chi connectivity index (χ3v) is 8.31. The van der Waals surface area contributed by atoms with Gasteiger partial charge in [0.1, 0.15) is 21.9 Å². The lowest BCUT2D eigenvalue weighted by molar-refractivity contribution is -0.168. The number of piperidine rings is 1. The molecule has 7 nitrogen and oxygen atoms in total. The Morgan fingerprint density at radius 2 is 1.86 bits per heavy atom. The van der Waals surface area contributed by atoms with Crippen molar-refractivity contribution >= 4 is 23.2 Å². The number of amides is 1. The van der Waals surface area contributed by atoms with Gasteiger partial charge in [-0.1, -0.05) is 26.8 Å². The fourth-order valence-corrected chi connectivity index (χ4v) is 6.69. The van der Waals surface area contributed by atoms with Gasteiger partial charge in [-0.15, -0.1) is 11.3 Å². The molecular formula is C28H38N2O5S. The van der Waals surface area contributed by atoms with Gasteiger partial charge in [-0.3, -0.25) is 4.79 Å². The quantitative estimate of drug-likeness (QED) is 0.481. The molecule has 2 heterocycles. The highest BCUT2D eigenvalue weighted by atomic mass is 32.1. The van der Waals surface area contributed by atoms with E-state index in [9.17, 15) is 9.59 Å². The summed E-state index contributed by atoms with van der Waals surface area (Å²) in [7, 11) is 3.27. The Hall–Kier alpha value is -2.45. The van der Waals surface area contributed by atoms with E-state index in [2.05, 4.69) is 25.8 Å². The molecule has 1 saturated heterocycles. The molecule has 2 aliphatic rings. The van der Waals surface area contributed by atoms with Gasteiger partial charge >= 0.3 is 5.97 Å². The number of likely N-dealkylation sites (tertiary alicyclic amines) is 1. The van der Waals surface area contributed by atoms with Crippen LogP contribution < -0.4 is 4.74 Å². The fraction of sp³-hybridized carbons (Fsp3) is 0.607. The van der Waals surface area contributed by atoms with Gasteiger partial charge in [-0.2, -0.15) is 0 Å². The Morgan fingerprint density at radius 1 is 1.17 bits per heavy atom. The predicted octanol–water partition coefficient (Wildman–Crippen LogP) is 5.40. The number of fused-ring (bicyclic) bond motifs is 1. The van der Waals surface area contributed by atoms with Gasteiger partial charge in [0.15, 0.2) is 0 Å². The standard InChI is InChI=1S/C28H38N2O5S/c1-25(2,3)18-11-10-17(14-19(18)34-9)23(31)30-21(22-29-12-13-36-22)28(16-33-8)15-20(28)27(30,7)24(32)35-26(4,5)6/h10-14,20-21H,15-16H2,1-9H3. The Bertz CT molecular complexity index is 1150. The lowest BCUT2D eigenvalue weighted by Crippen LogP contribution is -2.56. The van der Waals surface area contributed by atoms with Crippen molar-refractivity contribution in [2.45, 2.75) is 77.5 Å². The highest BCUT2D eigenvalue weighted by Gasteiger charge is 2.79. The van der Waals surface area contributed by atoms with E-state index in [1.165, 1.54) is 11.3 Å². The molecule has 0 spiro atoms. The molecule has 4 unspecified atom stereocenters. The van der Waals surface area contributed by atoms with Gasteiger partial charge in [0, 0.05) is 35.6 Å². The van der Waals surface area contributed by atoms with Gasteiger partial charge in [0.05, 0.1) is 19.8 Å². The largest absolute Gasteiger partial charge is 0.496 e. The van der Waals surface area contributed by atoms with Crippen molar-refractivity contribution in [2.75, 3.05) is 20.8 Å². The van der Waals surface area contributed by atoms with Crippen molar-refractivity contribution in [3.8, 4) is 5.75 Å². The normalized spacial score (nSPS) is 27.5. The van der Waals surface area contributed by atoms with E-state index in [1.54, 1.807) is 31.4 Å². The number of methoxy groups -OCH3 is 2. The van der Waals surface area contributed by atoms with Crippen molar-refractivity contribution in [2.24, 2.45) is 11.3 Å². The molecule has 1 saturated carbocycles. The number of rotatable bonds is 6. The van der Waals surface area contributed by atoms with Crippen molar-refractivity contribution in [3.63, 3.8) is 0 Å². The molecule has 4 rings (SSSR count). The van der Waals surface area contributed by atoms with E-state index in [1.807, 2.05) is 45.2 Å². The molecule has 36 heavy (non-hydrogen) atoms. The van der Waals surface area contributed by atoms with E-state index in [4.69, 9.17) is 14.2 Å². The highest BCUT2D eigenvalue weighted by Crippen LogP contribution is 2.74. The van der Waals surface area contributed by atoms with Crippen LogP contribution in [0.1, 0.15) is 81.9 Å². The summed E-state index contributed by atoms with van der Waals surface area (Å²) in [6.45, 7) is 14.1. The summed E-state index contributed by atoms with van der Waals surface area (Å²) < 4.78 is 17.3. The summed E-state index contributed by atoms with van der Waals surface area (Å²) in [5.41, 5.74) is -0.944. The van der Waals surface area contributed by atoms with E-state index >= 15 is 0 Å². The molecule has 1 amide bonds. The van der Waals surface area contributed by atoms with Crippen molar-refractivity contribution in [3.05, 3.63) is 45.9 Å². The molecule has 2 fully saturated rings. The first-order valence-corrected chi connectivity index (χ1v) is 13.2. The second-order valence-corrected chi connectivity index (χ2v) is 13.1. The van der Waals surface area contributed by atoms with Crippen LogP contribution in [0.2, 0.25) is 0 Å². The van der Waals surface area contributed by atoms with Crippen LogP contribution in [0, 0.1) is 11.3 Å². The lowest BCUT2D eigenvalue weighted by atomic mass is 9.85. The zero-order chi connectivity index (χ0) is 26.7. The number of nitrogens with zero attached hydrogens (tertiary/aromatic N) is 2. The summed E-state index contributed by atoms with van der Waals surface area (Å²) in [5, 5.41) is 2.70. The minimum atomic E-state index is -1.17. The van der Waals surface area contributed by atoms with Crippen molar-refractivity contribution < 1.29 is 23.8 Å². The molecule has 1 aromatic heterocycles. The molecule has 0 radical (unpaired) electrons. The van der Waals surface area contributed by atoms with Gasteiger partial charge in [-0.25, -0.2) is 9.78 Å². The van der Waals surface area contributed by atoms with Crippen LogP contribution in [-0.2, 0) is 19.7 Å². The Morgan fingerprint density at radius 3 is 2.39 bits per heavy atom. The lowest BCUT2D eigenvalue weighted by Gasteiger charge is -2.41. The van der Waals surface area contributed by atoms with Gasteiger partial charge in [0.25, 0.3) is 5.91 Å². The monoisotopic (exact) mass is 514 g/mol. The molecule has 2 aromatic rings. The van der Waals surface area contributed by atoms with E-state index in [0.29, 0.717) is 17.9 Å². The van der Waals surface area contributed by atoms with Crippen LogP contribution >= 0.6 is 11.3 Å². The van der Waals surface area contributed by atoms with Crippen molar-refractivity contribution in [1.82, 2.24) is 9.88 Å². The molecule has 8 heteroatoms. The van der Waals surface area contributed by atoms with E-state index in [0.717, 1.165) is 17.0 Å². The number of carbonyl (C=O) groups is 2. The molecule has 1 aromatic carbocycles. The molecule has 0 N–H and O–H groups in total. The van der Waals surface area contributed by atoms with Crippen LogP contribution in [0.3, 0.4) is 0 Å². The number of hydrogen-bond donors (Lipinski definition) is 0. The third kappa shape index (κ3) is 4.22. The minimum absolute atomic E-state index is 0.103. The number of esters is 1. The van der Waals surface area contributed by atoms with Crippen LogP contribution in [-0.4, -0.2) is 53.7 Å². The molecular weight excluding hydrogens is 476 g/mol. The Balaban J connectivity index is 1.87. The zero-order valence-corrected chi connectivity index (χ0v) is 23.6. The maximum Gasteiger partial charge on any atom is 0.332 e. The second kappa shape index (κ2) is 8.84. The van der Waals surface area contributed by atoms with Gasteiger partial charge in [-0.05, 0) is 57.2 Å². The summed E-state index contributed by atoms with van der Waals surface area (Å²) in [6.07, 6.45) is 2.50. The van der Waals surface area contributed by atoms with Crippen LogP contribution in [0.15, 0.2) is 29.8 Å². The predicted molar refractivity (Wildman–Crippen MR) is 139 cm³/mol. The number of benzene rings is 1. The first kappa shape index (κ1) is 26.6. The molecule has 196 valence electrons. The summed E-state index contributed by atoms with van der Waals surface area (Å²) >= 11 is 1.49. The summed E-state index contributed by atoms with van der Waals surface area (Å²) in [6, 6.07) is 5.15. The SMILES string of the molecule is COCC12CC1C(C)(C(=O)OC(C)(C)C)N(C(=O)c1ccc(C(C)(C)C)c(OC)c1)C2c1nccs1. The maximum atomic E-state index is 14.4. The second-order valence-electron chi connectivity index (χ2n) is 12.2. The maximum absolute atomic E-state index is 14.4. The number of aromatic nitrogens is 1. The average molecular weight is 515 g/mol. The zero-order valence-electron chi connectivity index (χ0n) is 22.8. The minimum Gasteiger partial charge on any atom is -0.496 e. The molecule has 1 aliphatic carbocycles. The fourth-order valence-electron chi connectivity index (χ4n) is 5.84. The molecule has 1 aliphatic heterocycles. The Kier molecular flexibility index (Phi) is 6.53. The topological polar surface area (TPSA) is 78.0 Å². The number of carbonyl (C=O) groups excluding carboxylic acids is 2.